The molecule has 0 spiro atoms. The predicted octanol–water partition coefficient (Wildman–Crippen LogP) is -3.00. The summed E-state index contributed by atoms with van der Waals surface area (Å²) >= 11 is 0. The van der Waals surface area contributed by atoms with Crippen LogP contribution in [0.2, 0.25) is 0 Å². The molecule has 0 radical (unpaired) electrons. The average molecular weight is 584 g/mol. The summed E-state index contributed by atoms with van der Waals surface area (Å²) < 4.78 is 13.8. The van der Waals surface area contributed by atoms with Gasteiger partial charge in [0.1, 0.15) is 38.0 Å². The van der Waals surface area contributed by atoms with Crippen LogP contribution in [0.4, 0.5) is 0 Å². The molecule has 2 fully saturated rings. The standard InChI is InChI=1S/C29H33N5O6.ClH/c1-31-18-25(35)33-9-8-24-26(27(33)29(31)37)22-16-21(40-15-12-32-10-13-39-14-11-32)6-7-23(22)34(24)17-19-2-4-20(5-3-19)28(36)30-38;/h2-7,16,27,38H,8-15,17-18H2,1H3,(H,30,36);1H. The van der Waals surface area contributed by atoms with Gasteiger partial charge in [0.15, 0.2) is 0 Å². The summed E-state index contributed by atoms with van der Waals surface area (Å²) in [5, 5.41) is 9.84. The number of hydrogen-bond acceptors (Lipinski definition) is 6. The molecule has 12 heteroatoms. The van der Waals surface area contributed by atoms with Gasteiger partial charge in [0, 0.05) is 54.3 Å². The molecule has 2 saturated heterocycles. The summed E-state index contributed by atoms with van der Waals surface area (Å²) in [6, 6.07) is 12.4. The quantitative estimate of drug-likeness (QED) is 0.202. The number of quaternary nitrogens is 1. The average Bonchev–Trinajstić information content (AvgIpc) is 3.29. The van der Waals surface area contributed by atoms with Crippen molar-refractivity contribution in [2.45, 2.75) is 19.0 Å². The van der Waals surface area contributed by atoms with E-state index in [0.717, 1.165) is 66.3 Å². The Labute approximate surface area is 243 Å². The molecule has 6 rings (SSSR count). The Morgan fingerprint density at radius 1 is 1.15 bits per heavy atom. The van der Waals surface area contributed by atoms with Crippen LogP contribution in [-0.4, -0.2) is 96.9 Å². The third-order valence-electron chi connectivity index (χ3n) is 8.25. The van der Waals surface area contributed by atoms with Crippen LogP contribution in [0.25, 0.3) is 10.9 Å². The van der Waals surface area contributed by atoms with Crippen LogP contribution >= 0.6 is 0 Å². The number of hydrogen-bond donors (Lipinski definition) is 3. The SMILES string of the molecule is CN1CC(=O)N2CCc3c(c4cc(OCC[NH+]5CCOCC5)ccc4n3Cc3ccc(C(=O)NO)cc3)C2C1=O.[Cl-]. The number of nitrogens with zero attached hydrogens (tertiary/aromatic N) is 3. The van der Waals surface area contributed by atoms with Crippen LogP contribution in [0, 0.1) is 0 Å². The highest BCUT2D eigenvalue weighted by molar-refractivity contribution is 6.00. The Bertz CT molecular complexity index is 1450. The normalized spacial score (nSPS) is 19.0. The fraction of sp³-hybridized carbons (Fsp3) is 0.414. The van der Waals surface area contributed by atoms with Gasteiger partial charge in [-0.1, -0.05) is 12.1 Å². The van der Waals surface area contributed by atoms with Crippen LogP contribution in [0.15, 0.2) is 42.5 Å². The summed E-state index contributed by atoms with van der Waals surface area (Å²) in [6.45, 7) is 6.07. The molecule has 3 aliphatic heterocycles. The van der Waals surface area contributed by atoms with Crippen LogP contribution in [-0.2, 0) is 27.3 Å². The first-order chi connectivity index (χ1) is 19.4. The van der Waals surface area contributed by atoms with E-state index in [0.29, 0.717) is 31.7 Å². The summed E-state index contributed by atoms with van der Waals surface area (Å²) in [6.07, 6.45) is 0.630. The van der Waals surface area contributed by atoms with Gasteiger partial charge in [0.25, 0.3) is 5.91 Å². The predicted molar refractivity (Wildman–Crippen MR) is 144 cm³/mol. The van der Waals surface area contributed by atoms with E-state index in [1.54, 1.807) is 29.6 Å². The van der Waals surface area contributed by atoms with Gasteiger partial charge >= 0.3 is 0 Å². The van der Waals surface area contributed by atoms with Crippen LogP contribution < -0.4 is 27.5 Å². The van der Waals surface area contributed by atoms with Crippen molar-refractivity contribution in [1.82, 2.24) is 19.8 Å². The number of likely N-dealkylation sites (N-methyl/N-ethyl adjacent to an activating group) is 1. The molecule has 41 heavy (non-hydrogen) atoms. The summed E-state index contributed by atoms with van der Waals surface area (Å²) in [5.41, 5.74) is 5.84. The maximum Gasteiger partial charge on any atom is 0.274 e. The maximum absolute atomic E-state index is 13.5. The van der Waals surface area contributed by atoms with E-state index in [9.17, 15) is 14.4 Å². The van der Waals surface area contributed by atoms with E-state index in [1.165, 1.54) is 9.80 Å². The number of amides is 3. The van der Waals surface area contributed by atoms with Crippen LogP contribution in [0.1, 0.15) is 33.2 Å². The summed E-state index contributed by atoms with van der Waals surface area (Å²) in [4.78, 5) is 42.9. The van der Waals surface area contributed by atoms with E-state index >= 15 is 0 Å². The van der Waals surface area contributed by atoms with E-state index in [1.807, 2.05) is 30.3 Å². The second kappa shape index (κ2) is 12.1. The number of halogens is 1. The van der Waals surface area contributed by atoms with Crippen LogP contribution in [0.3, 0.4) is 0 Å². The van der Waals surface area contributed by atoms with Gasteiger partial charge in [0.2, 0.25) is 11.8 Å². The maximum atomic E-state index is 13.5. The molecule has 3 aliphatic rings. The fourth-order valence-corrected chi connectivity index (χ4v) is 6.11. The second-order valence-electron chi connectivity index (χ2n) is 10.7. The van der Waals surface area contributed by atoms with Gasteiger partial charge in [0.05, 0.1) is 19.8 Å². The number of piperazine rings is 1. The summed E-state index contributed by atoms with van der Waals surface area (Å²) in [7, 11) is 1.68. The van der Waals surface area contributed by atoms with E-state index in [2.05, 4.69) is 4.57 Å². The minimum atomic E-state index is -0.664. The number of fused-ring (bicyclic) bond motifs is 5. The molecule has 0 saturated carbocycles. The molecular formula is C29H34ClN5O6. The lowest BCUT2D eigenvalue weighted by Crippen LogP contribution is -3.14. The number of ether oxygens (including phenoxy) is 2. The lowest BCUT2D eigenvalue weighted by molar-refractivity contribution is -0.908. The monoisotopic (exact) mass is 583 g/mol. The molecule has 11 nitrogen and oxygen atoms in total. The van der Waals surface area contributed by atoms with Gasteiger partial charge in [-0.25, -0.2) is 5.48 Å². The van der Waals surface area contributed by atoms with Gasteiger partial charge in [-0.15, -0.1) is 0 Å². The van der Waals surface area contributed by atoms with Crippen molar-refractivity contribution in [3.05, 3.63) is 64.8 Å². The number of morpholine rings is 1. The Morgan fingerprint density at radius 2 is 1.90 bits per heavy atom. The largest absolute Gasteiger partial charge is 1.00 e. The molecule has 218 valence electrons. The number of hydroxylamine groups is 1. The van der Waals surface area contributed by atoms with Crippen LogP contribution in [0.5, 0.6) is 5.75 Å². The topological polar surface area (TPSA) is 118 Å². The Balaban J connectivity index is 0.00000337. The second-order valence-corrected chi connectivity index (χ2v) is 10.7. The molecule has 2 aromatic carbocycles. The molecule has 4 heterocycles. The minimum absolute atomic E-state index is 0. The van der Waals surface area contributed by atoms with Gasteiger partial charge < -0.3 is 41.1 Å². The lowest BCUT2D eigenvalue weighted by atomic mass is 9.92. The number of aromatic nitrogens is 1. The number of carbonyl (C=O) groups excluding carboxylic acids is 3. The Kier molecular flexibility index (Phi) is 8.50. The third-order valence-corrected chi connectivity index (χ3v) is 8.25. The molecule has 1 aromatic heterocycles. The minimum Gasteiger partial charge on any atom is -1.00 e. The Morgan fingerprint density at radius 3 is 2.63 bits per heavy atom. The zero-order valence-electron chi connectivity index (χ0n) is 22.9. The molecule has 0 aliphatic carbocycles. The highest BCUT2D eigenvalue weighted by atomic mass is 35.5. The molecule has 0 bridgehead atoms. The molecule has 1 atom stereocenters. The molecule has 3 N–H and O–H groups in total. The number of rotatable bonds is 7. The number of benzene rings is 2. The molecule has 1 unspecified atom stereocenters. The zero-order valence-corrected chi connectivity index (χ0v) is 23.7. The Hall–Kier alpha value is -3.64. The first-order valence-electron chi connectivity index (χ1n) is 13.7. The van der Waals surface area contributed by atoms with Crippen molar-refractivity contribution in [2.24, 2.45) is 0 Å². The highest BCUT2D eigenvalue weighted by Crippen LogP contribution is 2.41. The number of carbonyl (C=O) groups is 3. The van der Waals surface area contributed by atoms with Crippen molar-refractivity contribution in [3.8, 4) is 5.75 Å². The lowest BCUT2D eigenvalue weighted by Gasteiger charge is -2.42. The molecule has 3 amide bonds. The molecule has 3 aromatic rings. The van der Waals surface area contributed by atoms with Crippen molar-refractivity contribution in [3.63, 3.8) is 0 Å². The van der Waals surface area contributed by atoms with E-state index in [4.69, 9.17) is 14.7 Å². The van der Waals surface area contributed by atoms with Crippen molar-refractivity contribution < 1.29 is 46.4 Å². The first-order valence-corrected chi connectivity index (χ1v) is 13.7. The van der Waals surface area contributed by atoms with E-state index in [-0.39, 0.29) is 30.8 Å². The highest BCUT2D eigenvalue weighted by Gasteiger charge is 2.44. The van der Waals surface area contributed by atoms with Gasteiger partial charge in [-0.05, 0) is 35.9 Å². The van der Waals surface area contributed by atoms with Gasteiger partial charge in [-0.2, -0.15) is 0 Å². The summed E-state index contributed by atoms with van der Waals surface area (Å²) in [5.74, 6) is 0.0424. The third kappa shape index (κ3) is 5.50. The van der Waals surface area contributed by atoms with Crippen molar-refractivity contribution >= 4 is 28.6 Å². The van der Waals surface area contributed by atoms with Crippen molar-refractivity contribution in [2.75, 3.05) is 59.6 Å². The fourth-order valence-electron chi connectivity index (χ4n) is 6.11. The zero-order chi connectivity index (χ0) is 27.8. The number of nitrogens with one attached hydrogen (secondary N) is 2. The van der Waals surface area contributed by atoms with Gasteiger partial charge in [-0.3, -0.25) is 19.6 Å². The van der Waals surface area contributed by atoms with Crippen molar-refractivity contribution in [1.29, 1.82) is 0 Å². The van der Waals surface area contributed by atoms with E-state index < -0.39 is 11.9 Å². The first kappa shape index (κ1) is 28.9. The smallest absolute Gasteiger partial charge is 0.274 e. The molecular weight excluding hydrogens is 550 g/mol.